The van der Waals surface area contributed by atoms with E-state index in [2.05, 4.69) is 9.82 Å². The number of nitrogens with one attached hydrogen (secondary N) is 1. The Hall–Kier alpha value is -3.12. The quantitative estimate of drug-likeness (QED) is 0.567. The van der Waals surface area contributed by atoms with Crippen molar-refractivity contribution in [2.75, 3.05) is 4.72 Å². The maximum Gasteiger partial charge on any atom is 0.265 e. The molecule has 0 aliphatic heterocycles. The van der Waals surface area contributed by atoms with Gasteiger partial charge in [0.05, 0.1) is 17.9 Å². The second-order valence-corrected chi connectivity index (χ2v) is 8.04. The van der Waals surface area contributed by atoms with Crippen LogP contribution >= 0.6 is 0 Å². The SMILES string of the molecule is Cc1nn(Cc2ccccc2)cc1S(=O)(=O)Nc1cccc2ccccc12. The Bertz CT molecular complexity index is 1190. The number of sulfonamides is 1. The average molecular weight is 377 g/mol. The summed E-state index contributed by atoms with van der Waals surface area (Å²) in [7, 11) is -3.74. The average Bonchev–Trinajstić information content (AvgIpc) is 3.04. The van der Waals surface area contributed by atoms with Crippen molar-refractivity contribution in [1.82, 2.24) is 9.78 Å². The molecule has 0 radical (unpaired) electrons. The molecule has 27 heavy (non-hydrogen) atoms. The first-order chi connectivity index (χ1) is 13.0. The fourth-order valence-corrected chi connectivity index (χ4v) is 4.40. The molecule has 0 spiro atoms. The Morgan fingerprint density at radius 2 is 1.63 bits per heavy atom. The van der Waals surface area contributed by atoms with Crippen LogP contribution in [-0.4, -0.2) is 18.2 Å². The largest absolute Gasteiger partial charge is 0.279 e. The number of fused-ring (bicyclic) bond motifs is 1. The van der Waals surface area contributed by atoms with E-state index in [1.54, 1.807) is 23.9 Å². The third-order valence-corrected chi connectivity index (χ3v) is 5.88. The molecule has 0 aliphatic carbocycles. The number of benzene rings is 3. The van der Waals surface area contributed by atoms with Crippen LogP contribution in [0.25, 0.3) is 10.8 Å². The standard InChI is InChI=1S/C21H19N3O2S/c1-16-21(15-24(22-16)14-17-8-3-2-4-9-17)27(25,26)23-20-13-7-11-18-10-5-6-12-19(18)20/h2-13,15,23H,14H2,1H3. The summed E-state index contributed by atoms with van der Waals surface area (Å²) in [6.45, 7) is 2.23. The van der Waals surface area contributed by atoms with Crippen LogP contribution in [0.2, 0.25) is 0 Å². The van der Waals surface area contributed by atoms with Crippen LogP contribution in [0.15, 0.2) is 83.9 Å². The number of rotatable bonds is 5. The lowest BCUT2D eigenvalue weighted by molar-refractivity contribution is 0.600. The summed E-state index contributed by atoms with van der Waals surface area (Å²) in [5, 5.41) is 6.21. The first kappa shape index (κ1) is 17.3. The van der Waals surface area contributed by atoms with Crippen molar-refractivity contribution in [3.05, 3.63) is 90.3 Å². The van der Waals surface area contributed by atoms with Crippen LogP contribution in [0, 0.1) is 6.92 Å². The fourth-order valence-electron chi connectivity index (χ4n) is 3.13. The van der Waals surface area contributed by atoms with E-state index in [0.29, 0.717) is 17.9 Å². The number of hydrogen-bond donors (Lipinski definition) is 1. The lowest BCUT2D eigenvalue weighted by Crippen LogP contribution is -2.13. The maximum atomic E-state index is 13.0. The number of hydrogen-bond acceptors (Lipinski definition) is 3. The molecule has 1 N–H and O–H groups in total. The van der Waals surface area contributed by atoms with Crippen molar-refractivity contribution in [3.63, 3.8) is 0 Å². The molecule has 0 atom stereocenters. The van der Waals surface area contributed by atoms with Gasteiger partial charge in [-0.15, -0.1) is 0 Å². The van der Waals surface area contributed by atoms with E-state index in [0.717, 1.165) is 16.3 Å². The van der Waals surface area contributed by atoms with Crippen LogP contribution in [0.4, 0.5) is 5.69 Å². The first-order valence-electron chi connectivity index (χ1n) is 8.61. The summed E-state index contributed by atoms with van der Waals surface area (Å²) < 4.78 is 30.3. The smallest absolute Gasteiger partial charge is 0.265 e. The van der Waals surface area contributed by atoms with Crippen LogP contribution in [0.3, 0.4) is 0 Å². The highest BCUT2D eigenvalue weighted by Crippen LogP contribution is 2.26. The van der Waals surface area contributed by atoms with Gasteiger partial charge in [-0.3, -0.25) is 9.40 Å². The molecule has 4 rings (SSSR count). The Morgan fingerprint density at radius 1 is 0.926 bits per heavy atom. The van der Waals surface area contributed by atoms with E-state index in [-0.39, 0.29) is 4.90 Å². The number of aromatic nitrogens is 2. The Balaban J connectivity index is 1.66. The van der Waals surface area contributed by atoms with Gasteiger partial charge < -0.3 is 0 Å². The van der Waals surface area contributed by atoms with Crippen LogP contribution < -0.4 is 4.72 Å². The van der Waals surface area contributed by atoms with Gasteiger partial charge in [0.15, 0.2) is 0 Å². The number of anilines is 1. The molecular formula is C21H19N3O2S. The molecule has 5 nitrogen and oxygen atoms in total. The van der Waals surface area contributed by atoms with Gasteiger partial charge in [-0.05, 0) is 23.9 Å². The van der Waals surface area contributed by atoms with Gasteiger partial charge in [-0.2, -0.15) is 5.10 Å². The van der Waals surface area contributed by atoms with Crippen molar-refractivity contribution >= 4 is 26.5 Å². The molecule has 0 fully saturated rings. The maximum absolute atomic E-state index is 13.0. The summed E-state index contributed by atoms with van der Waals surface area (Å²) in [6.07, 6.45) is 1.58. The molecule has 0 unspecified atom stereocenters. The topological polar surface area (TPSA) is 64.0 Å². The Morgan fingerprint density at radius 3 is 2.44 bits per heavy atom. The second-order valence-electron chi connectivity index (χ2n) is 6.39. The molecule has 1 aromatic heterocycles. The zero-order valence-electron chi connectivity index (χ0n) is 14.8. The zero-order valence-corrected chi connectivity index (χ0v) is 15.6. The monoisotopic (exact) mass is 377 g/mol. The van der Waals surface area contributed by atoms with Crippen molar-refractivity contribution in [2.45, 2.75) is 18.4 Å². The molecule has 0 saturated heterocycles. The lowest BCUT2D eigenvalue weighted by Gasteiger charge is -2.10. The summed E-state index contributed by atoms with van der Waals surface area (Å²) >= 11 is 0. The molecule has 0 bridgehead atoms. The van der Waals surface area contributed by atoms with Crippen LogP contribution in [-0.2, 0) is 16.6 Å². The molecule has 4 aromatic rings. The fraction of sp³-hybridized carbons (Fsp3) is 0.0952. The van der Waals surface area contributed by atoms with E-state index < -0.39 is 10.0 Å². The molecule has 3 aromatic carbocycles. The van der Waals surface area contributed by atoms with Gasteiger partial charge in [-0.25, -0.2) is 8.42 Å². The summed E-state index contributed by atoms with van der Waals surface area (Å²) in [5.41, 5.74) is 2.09. The van der Waals surface area contributed by atoms with Gasteiger partial charge in [0.25, 0.3) is 10.0 Å². The highest BCUT2D eigenvalue weighted by Gasteiger charge is 2.21. The highest BCUT2D eigenvalue weighted by atomic mass is 32.2. The van der Waals surface area contributed by atoms with Gasteiger partial charge >= 0.3 is 0 Å². The summed E-state index contributed by atoms with van der Waals surface area (Å²) in [5.74, 6) is 0. The normalized spacial score (nSPS) is 11.6. The number of aryl methyl sites for hydroxylation is 1. The third kappa shape index (κ3) is 3.57. The first-order valence-corrected chi connectivity index (χ1v) is 10.1. The van der Waals surface area contributed by atoms with Gasteiger partial charge in [0.2, 0.25) is 0 Å². The van der Waals surface area contributed by atoms with Gasteiger partial charge in [-0.1, -0.05) is 66.7 Å². The summed E-state index contributed by atoms with van der Waals surface area (Å²) in [6, 6.07) is 23.1. The van der Waals surface area contributed by atoms with Crippen molar-refractivity contribution < 1.29 is 8.42 Å². The molecule has 0 saturated carbocycles. The van der Waals surface area contributed by atoms with E-state index in [4.69, 9.17) is 0 Å². The third-order valence-electron chi connectivity index (χ3n) is 4.41. The molecule has 0 aliphatic rings. The minimum Gasteiger partial charge on any atom is -0.279 e. The van der Waals surface area contributed by atoms with Crippen LogP contribution in [0.1, 0.15) is 11.3 Å². The molecule has 1 heterocycles. The highest BCUT2D eigenvalue weighted by molar-refractivity contribution is 7.92. The van der Waals surface area contributed by atoms with Crippen molar-refractivity contribution in [1.29, 1.82) is 0 Å². The van der Waals surface area contributed by atoms with Crippen molar-refractivity contribution in [2.24, 2.45) is 0 Å². The molecular weight excluding hydrogens is 358 g/mol. The summed E-state index contributed by atoms with van der Waals surface area (Å²) in [4.78, 5) is 0.186. The van der Waals surface area contributed by atoms with E-state index in [1.165, 1.54) is 0 Å². The second kappa shape index (κ2) is 6.89. The van der Waals surface area contributed by atoms with E-state index in [1.807, 2.05) is 66.7 Å². The van der Waals surface area contributed by atoms with E-state index in [9.17, 15) is 8.42 Å². The predicted octanol–water partition coefficient (Wildman–Crippen LogP) is 4.19. The van der Waals surface area contributed by atoms with E-state index >= 15 is 0 Å². The Kier molecular flexibility index (Phi) is 4.41. The molecule has 136 valence electrons. The van der Waals surface area contributed by atoms with Crippen LogP contribution in [0.5, 0.6) is 0 Å². The molecule has 0 amide bonds. The van der Waals surface area contributed by atoms with Gasteiger partial charge in [0, 0.05) is 11.6 Å². The van der Waals surface area contributed by atoms with Crippen molar-refractivity contribution in [3.8, 4) is 0 Å². The minimum absolute atomic E-state index is 0.186. The zero-order chi connectivity index (χ0) is 18.9. The predicted molar refractivity (Wildman–Crippen MR) is 107 cm³/mol. The minimum atomic E-state index is -3.74. The molecule has 6 heteroatoms. The van der Waals surface area contributed by atoms with Gasteiger partial charge in [0.1, 0.15) is 4.90 Å². The number of nitrogens with zero attached hydrogens (tertiary/aromatic N) is 2. The lowest BCUT2D eigenvalue weighted by atomic mass is 10.1. The Labute approximate surface area is 158 Å².